The molecule has 9 heteroatoms. The highest BCUT2D eigenvalue weighted by molar-refractivity contribution is 6.62. The zero-order valence-electron chi connectivity index (χ0n) is 32.1. The van der Waals surface area contributed by atoms with Crippen LogP contribution in [0.25, 0.3) is 0 Å². The minimum absolute atomic E-state index is 0.163. The first-order chi connectivity index (χ1) is 23.3. The van der Waals surface area contributed by atoms with E-state index in [1.165, 1.54) is 0 Å². The zero-order chi connectivity index (χ0) is 36.4. The molecule has 3 heterocycles. The van der Waals surface area contributed by atoms with Crippen LogP contribution in [0.15, 0.2) is 96.8 Å². The van der Waals surface area contributed by atoms with E-state index in [0.717, 1.165) is 33.3 Å². The second-order valence-electron chi connectivity index (χ2n) is 16.6. The number of hydrogen-bond donors (Lipinski definition) is 0. The van der Waals surface area contributed by atoms with E-state index in [0.29, 0.717) is 0 Å². The van der Waals surface area contributed by atoms with Gasteiger partial charge in [0.1, 0.15) is 12.2 Å². The van der Waals surface area contributed by atoms with Crippen molar-refractivity contribution in [2.75, 3.05) is 14.2 Å². The van der Waals surface area contributed by atoms with Crippen LogP contribution in [0.2, 0.25) is 0 Å². The Morgan fingerprint density at radius 2 is 1.02 bits per heavy atom. The van der Waals surface area contributed by atoms with Gasteiger partial charge in [-0.3, -0.25) is 0 Å². The minimum Gasteiger partial charge on any atom is -0.399 e. The van der Waals surface area contributed by atoms with Crippen LogP contribution in [0.3, 0.4) is 0 Å². The molecule has 266 valence electrons. The summed E-state index contributed by atoms with van der Waals surface area (Å²) in [7, 11) is 2.68. The van der Waals surface area contributed by atoms with Crippen molar-refractivity contribution in [3.63, 3.8) is 0 Å². The molecule has 0 bridgehead atoms. The Labute approximate surface area is 301 Å². The fourth-order valence-corrected chi connectivity index (χ4v) is 7.23. The predicted octanol–water partition coefficient (Wildman–Crippen LogP) is 7.01. The van der Waals surface area contributed by atoms with Gasteiger partial charge in [0.05, 0.1) is 34.5 Å². The molecule has 4 aliphatic rings. The van der Waals surface area contributed by atoms with Crippen molar-refractivity contribution in [2.45, 2.75) is 116 Å². The van der Waals surface area contributed by atoms with Gasteiger partial charge in [-0.25, -0.2) is 0 Å². The summed E-state index contributed by atoms with van der Waals surface area (Å²) in [5.41, 5.74) is 4.41. The monoisotopic (exact) mass is 679 g/mol. The third-order valence-electron chi connectivity index (χ3n) is 12.2. The minimum atomic E-state index is -0.439. The van der Waals surface area contributed by atoms with Gasteiger partial charge in [-0.05, 0) is 103 Å². The highest BCUT2D eigenvalue weighted by Crippen LogP contribution is 2.50. The van der Waals surface area contributed by atoms with Crippen LogP contribution in [-0.4, -0.2) is 68.0 Å². The van der Waals surface area contributed by atoms with Crippen LogP contribution in [0, 0.1) is 5.41 Å². The number of nitrogens with zero attached hydrogens (tertiary/aromatic N) is 1. The fraction of sp³-hybridized carbons (Fsp3) is 0.512. The van der Waals surface area contributed by atoms with Crippen LogP contribution >= 0.6 is 0 Å². The van der Waals surface area contributed by atoms with E-state index in [2.05, 4.69) is 160 Å². The quantitative estimate of drug-likeness (QED) is 0.220. The molecule has 0 radical (unpaired) electrons. The highest BCUT2D eigenvalue weighted by atomic mass is 16.7. The Kier molecular flexibility index (Phi) is 9.54. The average Bonchev–Trinajstić information content (AvgIpc) is 3.51. The van der Waals surface area contributed by atoms with Gasteiger partial charge in [-0.1, -0.05) is 78.9 Å². The van der Waals surface area contributed by atoms with Crippen molar-refractivity contribution >= 4 is 25.2 Å². The van der Waals surface area contributed by atoms with Crippen LogP contribution in [0.4, 0.5) is 0 Å². The Morgan fingerprint density at radius 3 is 1.36 bits per heavy atom. The summed E-state index contributed by atoms with van der Waals surface area (Å²) in [6.07, 6.45) is 10.4. The summed E-state index contributed by atoms with van der Waals surface area (Å²) in [6.45, 7) is 25.2. The molecule has 2 aromatic rings. The Morgan fingerprint density at radius 1 is 0.640 bits per heavy atom. The maximum atomic E-state index is 6.38. The van der Waals surface area contributed by atoms with Crippen molar-refractivity contribution in [3.05, 3.63) is 108 Å². The van der Waals surface area contributed by atoms with E-state index in [1.807, 2.05) is 0 Å². The summed E-state index contributed by atoms with van der Waals surface area (Å²) in [6, 6.07) is 16.8. The van der Waals surface area contributed by atoms with Gasteiger partial charge in [-0.15, -0.1) is 0 Å². The first kappa shape index (κ1) is 36.9. The van der Waals surface area contributed by atoms with Crippen molar-refractivity contribution in [3.8, 4) is 0 Å². The molecule has 0 spiro atoms. The SMILES string of the molecule is C=C(C)C1(C)C=CC=C(N2C(c3ccc(B4OC(C)(C)C(C)(C)O4)cc3)C(OC)C(OC)C2c2ccc(B3OC(C)(C)C(C)(C)O3)cc2)C=C1. The molecule has 0 aromatic heterocycles. The molecule has 3 fully saturated rings. The number of methoxy groups -OCH3 is 2. The first-order valence-electron chi connectivity index (χ1n) is 17.8. The molecular weight excluding hydrogens is 624 g/mol. The lowest BCUT2D eigenvalue weighted by Gasteiger charge is -2.35. The molecule has 0 amide bonds. The largest absolute Gasteiger partial charge is 0.494 e. The molecule has 1 aliphatic carbocycles. The molecule has 5 unspecified atom stereocenters. The standard InChI is InChI=1S/C41H55B2NO6/c1-27(2)41(11)25-14-15-32(24-26-41)44-33(28-16-20-30(21-17-28)42-47-37(3,4)38(5,6)48-42)35(45-12)36(46-13)34(44)29-18-22-31(23-19-29)43-49-39(7,8)40(9,10)50-43/h14-26,33-36H,1H2,2-13H3. The number of benzene rings is 2. The summed E-state index contributed by atoms with van der Waals surface area (Å²) in [4.78, 5) is 2.46. The number of hydrogen-bond acceptors (Lipinski definition) is 7. The summed E-state index contributed by atoms with van der Waals surface area (Å²) in [5.74, 6) is 0. The van der Waals surface area contributed by atoms with Gasteiger partial charge in [0.15, 0.2) is 0 Å². The molecule has 0 N–H and O–H groups in total. The Hall–Kier alpha value is -2.91. The molecule has 5 atom stereocenters. The second-order valence-corrected chi connectivity index (χ2v) is 16.6. The third-order valence-corrected chi connectivity index (χ3v) is 12.2. The molecule has 0 saturated carbocycles. The van der Waals surface area contributed by atoms with Crippen molar-refractivity contribution in [1.29, 1.82) is 0 Å². The lowest BCUT2D eigenvalue weighted by molar-refractivity contribution is -0.0288. The van der Waals surface area contributed by atoms with Gasteiger partial charge < -0.3 is 33.0 Å². The second kappa shape index (κ2) is 12.9. The molecule has 2 aromatic carbocycles. The lowest BCUT2D eigenvalue weighted by Crippen LogP contribution is -2.41. The van der Waals surface area contributed by atoms with Gasteiger partial charge in [0.25, 0.3) is 0 Å². The maximum Gasteiger partial charge on any atom is 0.494 e. The van der Waals surface area contributed by atoms with E-state index in [-0.39, 0.29) is 29.7 Å². The molecule has 3 aliphatic heterocycles. The van der Waals surface area contributed by atoms with Crippen molar-refractivity contribution in [1.82, 2.24) is 4.90 Å². The lowest BCUT2D eigenvalue weighted by atomic mass is 9.78. The van der Waals surface area contributed by atoms with E-state index in [4.69, 9.17) is 28.1 Å². The number of ether oxygens (including phenoxy) is 2. The number of likely N-dealkylation sites (tertiary alicyclic amines) is 1. The summed E-state index contributed by atoms with van der Waals surface area (Å²) in [5, 5.41) is 0. The topological polar surface area (TPSA) is 58.6 Å². The van der Waals surface area contributed by atoms with E-state index >= 15 is 0 Å². The normalized spacial score (nSPS) is 30.9. The fourth-order valence-electron chi connectivity index (χ4n) is 7.23. The maximum absolute atomic E-state index is 6.38. The summed E-state index contributed by atoms with van der Waals surface area (Å²) >= 11 is 0. The van der Waals surface area contributed by atoms with E-state index in [9.17, 15) is 0 Å². The predicted molar refractivity (Wildman–Crippen MR) is 203 cm³/mol. The van der Waals surface area contributed by atoms with Gasteiger partial charge in [-0.2, -0.15) is 0 Å². The number of allylic oxidation sites excluding steroid dienone is 6. The average molecular weight is 680 g/mol. The third kappa shape index (κ3) is 6.29. The van der Waals surface area contributed by atoms with E-state index in [1.54, 1.807) is 14.2 Å². The Balaban J connectivity index is 1.40. The highest BCUT2D eigenvalue weighted by Gasteiger charge is 2.54. The van der Waals surface area contributed by atoms with Gasteiger partial charge in [0.2, 0.25) is 0 Å². The smallest absolute Gasteiger partial charge is 0.399 e. The number of rotatable bonds is 8. The van der Waals surface area contributed by atoms with Crippen molar-refractivity contribution < 1.29 is 28.1 Å². The molecular formula is C41H55B2NO6. The molecule has 6 rings (SSSR count). The Bertz CT molecular complexity index is 1550. The van der Waals surface area contributed by atoms with Gasteiger partial charge in [0, 0.05) is 25.3 Å². The van der Waals surface area contributed by atoms with Crippen LogP contribution in [0.1, 0.15) is 92.4 Å². The van der Waals surface area contributed by atoms with Crippen LogP contribution < -0.4 is 10.9 Å². The van der Waals surface area contributed by atoms with Crippen molar-refractivity contribution in [2.24, 2.45) is 5.41 Å². The van der Waals surface area contributed by atoms with Gasteiger partial charge >= 0.3 is 14.2 Å². The van der Waals surface area contributed by atoms with E-state index < -0.39 is 36.6 Å². The molecule has 3 saturated heterocycles. The zero-order valence-corrected chi connectivity index (χ0v) is 32.1. The van der Waals surface area contributed by atoms with Crippen LogP contribution in [0.5, 0.6) is 0 Å². The van der Waals surface area contributed by atoms with Crippen LogP contribution in [-0.2, 0) is 28.1 Å². The summed E-state index contributed by atoms with van der Waals surface area (Å²) < 4.78 is 38.2. The molecule has 50 heavy (non-hydrogen) atoms. The molecule has 7 nitrogen and oxygen atoms in total. The first-order valence-corrected chi connectivity index (χ1v) is 17.8.